The summed E-state index contributed by atoms with van der Waals surface area (Å²) >= 11 is 2.23. The predicted octanol–water partition coefficient (Wildman–Crippen LogP) is 2.86. The summed E-state index contributed by atoms with van der Waals surface area (Å²) in [6.07, 6.45) is 3.64. The molecule has 118 valence electrons. The normalized spacial score (nSPS) is 13.3. The van der Waals surface area contributed by atoms with Crippen molar-refractivity contribution >= 4 is 33.8 Å². The molecule has 6 nitrogen and oxygen atoms in total. The Balaban J connectivity index is 1.73. The van der Waals surface area contributed by atoms with Crippen molar-refractivity contribution in [2.75, 3.05) is 20.3 Å². The van der Waals surface area contributed by atoms with E-state index in [4.69, 9.17) is 14.2 Å². The van der Waals surface area contributed by atoms with Gasteiger partial charge in [-0.3, -0.25) is 0 Å². The van der Waals surface area contributed by atoms with Gasteiger partial charge >= 0.3 is 0 Å². The molecule has 0 spiro atoms. The Morgan fingerprint density at radius 3 is 2.96 bits per heavy atom. The van der Waals surface area contributed by atoms with E-state index in [1.807, 2.05) is 29.0 Å². The lowest BCUT2D eigenvalue weighted by molar-refractivity contribution is 0.165. The number of hydrogen-bond acceptors (Lipinski definition) is 5. The molecule has 1 aromatic carbocycles. The highest BCUT2D eigenvalue weighted by atomic mass is 127. The van der Waals surface area contributed by atoms with Crippen LogP contribution in [0.1, 0.15) is 5.56 Å². The molecule has 0 N–H and O–H groups in total. The largest absolute Gasteiger partial charge is 0.493 e. The van der Waals surface area contributed by atoms with Gasteiger partial charge in [0.25, 0.3) is 0 Å². The molecule has 0 fully saturated rings. The van der Waals surface area contributed by atoms with Crippen LogP contribution in [0.3, 0.4) is 0 Å². The van der Waals surface area contributed by atoms with E-state index >= 15 is 0 Å². The number of aromatic nitrogens is 3. The van der Waals surface area contributed by atoms with Crippen molar-refractivity contribution in [1.82, 2.24) is 14.5 Å². The fraction of sp³-hybridized carbons (Fsp3) is 0.250. The minimum atomic E-state index is 0.539. The van der Waals surface area contributed by atoms with E-state index in [0.29, 0.717) is 31.3 Å². The van der Waals surface area contributed by atoms with Crippen LogP contribution in [0.2, 0.25) is 0 Å². The van der Waals surface area contributed by atoms with Crippen molar-refractivity contribution in [3.63, 3.8) is 0 Å². The van der Waals surface area contributed by atoms with Gasteiger partial charge in [0.05, 0.1) is 20.0 Å². The second-order valence-corrected chi connectivity index (χ2v) is 6.44. The van der Waals surface area contributed by atoms with Gasteiger partial charge in [-0.25, -0.2) is 9.97 Å². The van der Waals surface area contributed by atoms with Gasteiger partial charge in [0.2, 0.25) is 5.75 Å². The minimum absolute atomic E-state index is 0.539. The quantitative estimate of drug-likeness (QED) is 0.607. The van der Waals surface area contributed by atoms with E-state index in [-0.39, 0.29) is 0 Å². The molecule has 7 heteroatoms. The molecule has 1 aliphatic heterocycles. The fourth-order valence-corrected chi connectivity index (χ4v) is 3.09. The Kier molecular flexibility index (Phi) is 3.72. The van der Waals surface area contributed by atoms with Crippen LogP contribution in [-0.4, -0.2) is 34.9 Å². The molecular weight excluding hydrogens is 409 g/mol. The number of halogens is 1. The third-order valence-electron chi connectivity index (χ3n) is 3.66. The number of ether oxygens (including phenoxy) is 3. The summed E-state index contributed by atoms with van der Waals surface area (Å²) in [5, 5.41) is 0. The number of benzene rings is 1. The van der Waals surface area contributed by atoms with Gasteiger partial charge in [-0.1, -0.05) is 0 Å². The Labute approximate surface area is 146 Å². The maximum Gasteiger partial charge on any atom is 0.203 e. The Hall–Kier alpha value is -2.03. The van der Waals surface area contributed by atoms with Gasteiger partial charge in [0.1, 0.15) is 18.7 Å². The van der Waals surface area contributed by atoms with Crippen molar-refractivity contribution in [1.29, 1.82) is 0 Å². The van der Waals surface area contributed by atoms with Crippen molar-refractivity contribution in [2.24, 2.45) is 0 Å². The van der Waals surface area contributed by atoms with Crippen molar-refractivity contribution < 1.29 is 14.2 Å². The molecule has 0 unspecified atom stereocenters. The zero-order valence-electron chi connectivity index (χ0n) is 12.5. The summed E-state index contributed by atoms with van der Waals surface area (Å²) < 4.78 is 19.8. The van der Waals surface area contributed by atoms with Gasteiger partial charge < -0.3 is 18.8 Å². The first-order valence-electron chi connectivity index (χ1n) is 7.17. The molecule has 1 aliphatic rings. The van der Waals surface area contributed by atoms with Crippen LogP contribution in [0.4, 0.5) is 0 Å². The van der Waals surface area contributed by atoms with Crippen molar-refractivity contribution in [2.45, 2.75) is 6.54 Å². The Morgan fingerprint density at radius 2 is 2.09 bits per heavy atom. The molecule has 23 heavy (non-hydrogen) atoms. The topological polar surface area (TPSA) is 58.4 Å². The van der Waals surface area contributed by atoms with Crippen LogP contribution in [0.15, 0.2) is 30.7 Å². The van der Waals surface area contributed by atoms with E-state index in [2.05, 4.69) is 32.6 Å². The molecule has 4 rings (SSSR count). The third-order valence-corrected chi connectivity index (χ3v) is 4.25. The molecule has 0 atom stereocenters. The van der Waals surface area contributed by atoms with Crippen LogP contribution in [0.25, 0.3) is 11.2 Å². The van der Waals surface area contributed by atoms with E-state index < -0.39 is 0 Å². The predicted molar refractivity (Wildman–Crippen MR) is 93.3 cm³/mol. The van der Waals surface area contributed by atoms with E-state index in [1.165, 1.54) is 0 Å². The highest BCUT2D eigenvalue weighted by Crippen LogP contribution is 2.40. The smallest absolute Gasteiger partial charge is 0.203 e. The van der Waals surface area contributed by atoms with Crippen molar-refractivity contribution in [3.8, 4) is 17.2 Å². The monoisotopic (exact) mass is 423 g/mol. The van der Waals surface area contributed by atoms with Crippen LogP contribution in [0.5, 0.6) is 17.2 Å². The SMILES string of the molecule is COc1cc(Cn2cnc3cc(I)cnc32)cc2c1OCCO2. The summed E-state index contributed by atoms with van der Waals surface area (Å²) in [5.41, 5.74) is 2.80. The number of fused-ring (bicyclic) bond motifs is 2. The summed E-state index contributed by atoms with van der Waals surface area (Å²) in [7, 11) is 1.63. The lowest BCUT2D eigenvalue weighted by atomic mass is 10.1. The number of pyridine rings is 1. The van der Waals surface area contributed by atoms with Crippen LogP contribution >= 0.6 is 22.6 Å². The summed E-state index contributed by atoms with van der Waals surface area (Å²) in [5.74, 6) is 2.08. The third kappa shape index (κ3) is 2.69. The molecule has 3 heterocycles. The number of methoxy groups -OCH3 is 1. The maximum atomic E-state index is 5.68. The van der Waals surface area contributed by atoms with Crippen LogP contribution < -0.4 is 14.2 Å². The molecule has 0 bridgehead atoms. The van der Waals surface area contributed by atoms with Crippen molar-refractivity contribution in [3.05, 3.63) is 39.9 Å². The molecule has 3 aromatic rings. The standard InChI is InChI=1S/C16H14IN3O3/c1-21-13-4-10(5-14-15(13)23-3-2-22-14)8-20-9-19-12-6-11(17)7-18-16(12)20/h4-7,9H,2-3,8H2,1H3. The molecule has 0 saturated carbocycles. The highest BCUT2D eigenvalue weighted by Gasteiger charge is 2.19. The van der Waals surface area contributed by atoms with Gasteiger partial charge in [-0.15, -0.1) is 0 Å². The Morgan fingerprint density at radius 1 is 1.22 bits per heavy atom. The first-order valence-corrected chi connectivity index (χ1v) is 8.25. The first-order chi connectivity index (χ1) is 11.2. The first kappa shape index (κ1) is 14.6. The Bertz CT molecular complexity index is 861. The number of imidazole rings is 1. The molecule has 2 aromatic heterocycles. The molecule has 0 aliphatic carbocycles. The average molecular weight is 423 g/mol. The van der Waals surface area contributed by atoms with Gasteiger partial charge in [-0.2, -0.15) is 0 Å². The molecule has 0 saturated heterocycles. The van der Waals surface area contributed by atoms with E-state index in [0.717, 1.165) is 26.0 Å². The number of rotatable bonds is 3. The number of hydrogen-bond donors (Lipinski definition) is 0. The van der Waals surface area contributed by atoms with E-state index in [1.54, 1.807) is 13.4 Å². The average Bonchev–Trinajstić information content (AvgIpc) is 2.96. The van der Waals surface area contributed by atoms with Gasteiger partial charge in [-0.05, 0) is 46.4 Å². The van der Waals surface area contributed by atoms with Crippen LogP contribution in [-0.2, 0) is 6.54 Å². The molecule has 0 amide bonds. The minimum Gasteiger partial charge on any atom is -0.493 e. The van der Waals surface area contributed by atoms with Gasteiger partial charge in [0, 0.05) is 9.77 Å². The molecule has 0 radical (unpaired) electrons. The summed E-state index contributed by atoms with van der Waals surface area (Å²) in [6.45, 7) is 1.72. The molecular formula is C16H14IN3O3. The van der Waals surface area contributed by atoms with E-state index in [9.17, 15) is 0 Å². The lowest BCUT2D eigenvalue weighted by Gasteiger charge is -2.21. The summed E-state index contributed by atoms with van der Waals surface area (Å²) in [4.78, 5) is 8.89. The zero-order chi connectivity index (χ0) is 15.8. The maximum absolute atomic E-state index is 5.68. The number of nitrogens with zero attached hydrogens (tertiary/aromatic N) is 3. The zero-order valence-corrected chi connectivity index (χ0v) is 14.6. The lowest BCUT2D eigenvalue weighted by Crippen LogP contribution is -2.16. The van der Waals surface area contributed by atoms with Crippen LogP contribution in [0, 0.1) is 3.57 Å². The van der Waals surface area contributed by atoms with Gasteiger partial charge in [0.15, 0.2) is 17.1 Å². The summed E-state index contributed by atoms with van der Waals surface area (Å²) in [6, 6.07) is 5.96. The highest BCUT2D eigenvalue weighted by molar-refractivity contribution is 14.1. The second kappa shape index (κ2) is 5.88. The second-order valence-electron chi connectivity index (χ2n) is 5.19. The fourth-order valence-electron chi connectivity index (χ4n) is 2.66.